The molecule has 1 aliphatic heterocycles. The summed E-state index contributed by atoms with van der Waals surface area (Å²) >= 11 is 1.64. The van der Waals surface area contributed by atoms with Gasteiger partial charge in [-0.25, -0.2) is 9.78 Å². The molecule has 1 N–H and O–H groups in total. The van der Waals surface area contributed by atoms with Crippen molar-refractivity contribution in [1.82, 2.24) is 9.88 Å². The minimum absolute atomic E-state index is 0.101. The molecule has 6 nitrogen and oxygen atoms in total. The third-order valence-corrected chi connectivity index (χ3v) is 5.88. The van der Waals surface area contributed by atoms with Crippen molar-refractivity contribution >= 4 is 23.1 Å². The molecule has 1 aromatic heterocycles. The Hall–Kier alpha value is -3.06. The van der Waals surface area contributed by atoms with Gasteiger partial charge in [-0.3, -0.25) is 0 Å². The number of rotatable bonds is 5. The first-order valence-corrected chi connectivity index (χ1v) is 10.4. The molecule has 0 atom stereocenters. The Morgan fingerprint density at radius 1 is 1.21 bits per heavy atom. The van der Waals surface area contributed by atoms with Crippen LogP contribution in [-0.2, 0) is 13.0 Å². The van der Waals surface area contributed by atoms with Crippen LogP contribution in [-0.4, -0.2) is 36.2 Å². The van der Waals surface area contributed by atoms with Crippen LogP contribution in [0, 0.1) is 0 Å². The number of hydrogen-bond donors (Lipinski definition) is 1. The van der Waals surface area contributed by atoms with Crippen molar-refractivity contribution in [3.05, 3.63) is 59.1 Å². The van der Waals surface area contributed by atoms with Crippen molar-refractivity contribution in [2.45, 2.75) is 19.9 Å². The highest BCUT2D eigenvalue weighted by molar-refractivity contribution is 7.15. The van der Waals surface area contributed by atoms with E-state index in [1.54, 1.807) is 18.4 Å². The van der Waals surface area contributed by atoms with Crippen LogP contribution >= 0.6 is 11.3 Å². The second-order valence-electron chi connectivity index (χ2n) is 6.68. The number of nitrogens with one attached hydrogen (secondary N) is 1. The molecule has 0 unspecified atom stereocenters. The topological polar surface area (TPSA) is 63.7 Å². The van der Waals surface area contributed by atoms with Gasteiger partial charge >= 0.3 is 6.03 Å². The van der Waals surface area contributed by atoms with Gasteiger partial charge in [0.15, 0.2) is 0 Å². The molecule has 0 saturated heterocycles. The van der Waals surface area contributed by atoms with Crippen molar-refractivity contribution in [2.75, 3.05) is 25.6 Å². The highest BCUT2D eigenvalue weighted by atomic mass is 32.1. The van der Waals surface area contributed by atoms with E-state index in [0.29, 0.717) is 19.7 Å². The van der Waals surface area contributed by atoms with Gasteiger partial charge in [0.2, 0.25) is 0 Å². The number of ether oxygens (including phenoxy) is 2. The fourth-order valence-electron chi connectivity index (χ4n) is 3.25. The standard InChI is InChI=1S/C22H23N3O3S/c1-3-28-17-9-7-16(8-10-17)23-22(26)25-12-11-19-20(14-25)29-21(24-19)15-5-4-6-18(13-15)27-2/h4-10,13H,3,11-12,14H2,1-2H3,(H,23,26). The minimum atomic E-state index is -0.101. The smallest absolute Gasteiger partial charge is 0.322 e. The van der Waals surface area contributed by atoms with Gasteiger partial charge in [0.1, 0.15) is 16.5 Å². The van der Waals surface area contributed by atoms with Gasteiger partial charge in [0, 0.05) is 29.1 Å². The molecule has 3 aromatic rings. The molecular formula is C22H23N3O3S. The van der Waals surface area contributed by atoms with Crippen molar-refractivity contribution in [1.29, 1.82) is 0 Å². The van der Waals surface area contributed by atoms with E-state index in [2.05, 4.69) is 5.32 Å². The third kappa shape index (κ3) is 4.35. The summed E-state index contributed by atoms with van der Waals surface area (Å²) in [6.45, 7) is 3.78. The minimum Gasteiger partial charge on any atom is -0.497 e. The highest BCUT2D eigenvalue weighted by Gasteiger charge is 2.24. The van der Waals surface area contributed by atoms with Gasteiger partial charge < -0.3 is 19.7 Å². The molecule has 2 aromatic carbocycles. The fourth-order valence-corrected chi connectivity index (χ4v) is 4.37. The third-order valence-electron chi connectivity index (χ3n) is 4.75. The Morgan fingerprint density at radius 3 is 2.79 bits per heavy atom. The Labute approximate surface area is 174 Å². The number of hydrogen-bond acceptors (Lipinski definition) is 5. The van der Waals surface area contributed by atoms with E-state index in [-0.39, 0.29) is 6.03 Å². The predicted octanol–water partition coefficient (Wildman–Crippen LogP) is 4.81. The van der Waals surface area contributed by atoms with Crippen molar-refractivity contribution < 1.29 is 14.3 Å². The molecule has 0 aliphatic carbocycles. The maximum atomic E-state index is 12.7. The van der Waals surface area contributed by atoms with Gasteiger partial charge in [-0.1, -0.05) is 12.1 Å². The van der Waals surface area contributed by atoms with E-state index in [1.165, 1.54) is 0 Å². The zero-order chi connectivity index (χ0) is 20.2. The summed E-state index contributed by atoms with van der Waals surface area (Å²) in [4.78, 5) is 20.5. The van der Waals surface area contributed by atoms with E-state index in [1.807, 2.05) is 60.4 Å². The second-order valence-corrected chi connectivity index (χ2v) is 7.76. The van der Waals surface area contributed by atoms with Crippen LogP contribution in [0.4, 0.5) is 10.5 Å². The number of methoxy groups -OCH3 is 1. The first-order chi connectivity index (χ1) is 14.2. The lowest BCUT2D eigenvalue weighted by Gasteiger charge is -2.26. The van der Waals surface area contributed by atoms with Crippen LogP contribution < -0.4 is 14.8 Å². The molecule has 4 rings (SSSR count). The van der Waals surface area contributed by atoms with E-state index in [0.717, 1.165) is 44.7 Å². The monoisotopic (exact) mass is 409 g/mol. The first-order valence-electron chi connectivity index (χ1n) is 9.58. The molecule has 0 radical (unpaired) electrons. The maximum absolute atomic E-state index is 12.7. The quantitative estimate of drug-likeness (QED) is 0.657. The molecule has 29 heavy (non-hydrogen) atoms. The number of nitrogens with zero attached hydrogens (tertiary/aromatic N) is 2. The van der Waals surface area contributed by atoms with Gasteiger partial charge in [-0.05, 0) is 43.3 Å². The van der Waals surface area contributed by atoms with Crippen molar-refractivity contribution in [3.63, 3.8) is 0 Å². The number of aromatic nitrogens is 1. The molecule has 0 bridgehead atoms. The van der Waals surface area contributed by atoms with Gasteiger partial charge in [-0.2, -0.15) is 0 Å². The molecule has 7 heteroatoms. The van der Waals surface area contributed by atoms with Crippen LogP contribution in [0.1, 0.15) is 17.5 Å². The molecular weight excluding hydrogens is 386 g/mol. The summed E-state index contributed by atoms with van der Waals surface area (Å²) in [7, 11) is 1.66. The Bertz CT molecular complexity index is 1000. The average molecular weight is 410 g/mol. The largest absolute Gasteiger partial charge is 0.497 e. The summed E-state index contributed by atoms with van der Waals surface area (Å²) in [6, 6.07) is 15.2. The zero-order valence-electron chi connectivity index (χ0n) is 16.5. The highest BCUT2D eigenvalue weighted by Crippen LogP contribution is 2.33. The number of fused-ring (bicyclic) bond motifs is 1. The lowest BCUT2D eigenvalue weighted by molar-refractivity contribution is 0.207. The van der Waals surface area contributed by atoms with E-state index < -0.39 is 0 Å². The molecule has 0 spiro atoms. The normalized spacial score (nSPS) is 13.0. The average Bonchev–Trinajstić information content (AvgIpc) is 3.19. The molecule has 0 fully saturated rings. The number of urea groups is 1. The van der Waals surface area contributed by atoms with Gasteiger partial charge in [0.05, 0.1) is 26.0 Å². The lowest BCUT2D eigenvalue weighted by Crippen LogP contribution is -2.38. The van der Waals surface area contributed by atoms with E-state index in [4.69, 9.17) is 14.5 Å². The summed E-state index contributed by atoms with van der Waals surface area (Å²) in [6.07, 6.45) is 0.756. The number of anilines is 1. The van der Waals surface area contributed by atoms with Crippen LogP contribution in [0.3, 0.4) is 0 Å². The summed E-state index contributed by atoms with van der Waals surface area (Å²) in [5.41, 5.74) is 2.87. The molecule has 2 heterocycles. The van der Waals surface area contributed by atoms with E-state index in [9.17, 15) is 4.79 Å². The van der Waals surface area contributed by atoms with Crippen LogP contribution in [0.2, 0.25) is 0 Å². The maximum Gasteiger partial charge on any atom is 0.322 e. The Balaban J connectivity index is 1.44. The number of carbonyl (C=O) groups excluding carboxylic acids is 1. The molecule has 1 aliphatic rings. The number of benzene rings is 2. The van der Waals surface area contributed by atoms with E-state index >= 15 is 0 Å². The first kappa shape index (κ1) is 19.3. The van der Waals surface area contributed by atoms with Gasteiger partial charge in [-0.15, -0.1) is 11.3 Å². The fraction of sp³-hybridized carbons (Fsp3) is 0.273. The number of thiazole rings is 1. The predicted molar refractivity (Wildman–Crippen MR) is 115 cm³/mol. The SMILES string of the molecule is CCOc1ccc(NC(=O)N2CCc3nc(-c4cccc(OC)c4)sc3C2)cc1. The van der Waals surface area contributed by atoms with Crippen LogP contribution in [0.5, 0.6) is 11.5 Å². The summed E-state index contributed by atoms with van der Waals surface area (Å²) in [5, 5.41) is 3.93. The lowest BCUT2D eigenvalue weighted by atomic mass is 10.2. The Kier molecular flexibility index (Phi) is 5.67. The molecule has 0 saturated carbocycles. The second kappa shape index (κ2) is 8.53. The molecule has 150 valence electrons. The van der Waals surface area contributed by atoms with Crippen LogP contribution in [0.25, 0.3) is 10.6 Å². The zero-order valence-corrected chi connectivity index (χ0v) is 17.3. The van der Waals surface area contributed by atoms with Crippen molar-refractivity contribution in [2.24, 2.45) is 0 Å². The Morgan fingerprint density at radius 2 is 2.03 bits per heavy atom. The van der Waals surface area contributed by atoms with Crippen LogP contribution in [0.15, 0.2) is 48.5 Å². The number of carbonyl (C=O) groups is 1. The number of amides is 2. The summed E-state index contributed by atoms with van der Waals surface area (Å²) < 4.78 is 10.8. The summed E-state index contributed by atoms with van der Waals surface area (Å²) in [5.74, 6) is 1.61. The molecule has 2 amide bonds. The van der Waals surface area contributed by atoms with Crippen molar-refractivity contribution in [3.8, 4) is 22.1 Å². The van der Waals surface area contributed by atoms with Gasteiger partial charge in [0.25, 0.3) is 0 Å².